The van der Waals surface area contributed by atoms with Gasteiger partial charge in [-0.05, 0) is 33.6 Å². The Bertz CT molecular complexity index is 615. The number of hydrogen-bond donors (Lipinski definition) is 1. The molecule has 0 aromatic rings. The number of ether oxygens (including phenoxy) is 2. The van der Waals surface area contributed by atoms with Crippen molar-refractivity contribution in [1.29, 1.82) is 0 Å². The van der Waals surface area contributed by atoms with Gasteiger partial charge in [-0.2, -0.15) is 35.1 Å². The molecule has 0 spiro atoms. The molecule has 0 bridgehead atoms. The van der Waals surface area contributed by atoms with Crippen LogP contribution in [-0.4, -0.2) is 46.3 Å². The van der Waals surface area contributed by atoms with Gasteiger partial charge in [0.05, 0.1) is 5.41 Å². The molecular formula is C16H22F8O4. The highest BCUT2D eigenvalue weighted by Crippen LogP contribution is 2.61. The summed E-state index contributed by atoms with van der Waals surface area (Å²) >= 11 is 0. The van der Waals surface area contributed by atoms with Gasteiger partial charge in [0.2, 0.25) is 0 Å². The lowest BCUT2D eigenvalue weighted by atomic mass is 9.73. The van der Waals surface area contributed by atoms with Gasteiger partial charge in [-0.15, -0.1) is 0 Å². The zero-order valence-electron chi connectivity index (χ0n) is 15.8. The zero-order chi connectivity index (χ0) is 22.6. The van der Waals surface area contributed by atoms with Crippen LogP contribution in [0.5, 0.6) is 0 Å². The standard InChI is InChI=1S/C16H22F8O4/c1-6-10(3,4)9(25)27-12(7-2)8-11(5,15(19,20)21)28-14(26,13(12,17)18)16(22,23)24/h26H,6-8H2,1-5H3. The third kappa shape index (κ3) is 3.46. The molecule has 1 rings (SSSR count). The summed E-state index contributed by atoms with van der Waals surface area (Å²) in [5.41, 5.74) is -8.96. The summed E-state index contributed by atoms with van der Waals surface area (Å²) in [5.74, 6) is -12.4. The maximum absolute atomic E-state index is 14.9. The van der Waals surface area contributed by atoms with E-state index < -0.39 is 59.5 Å². The molecule has 1 heterocycles. The third-order valence-electron chi connectivity index (χ3n) is 5.27. The Balaban J connectivity index is 3.74. The SMILES string of the molecule is CCC(C)(C)C(=O)OC1(CC)CC(C)(C(F)(F)F)OC(O)(C(F)(F)F)C1(F)F. The molecule has 0 amide bonds. The highest BCUT2D eigenvalue weighted by Gasteiger charge is 2.85. The lowest BCUT2D eigenvalue weighted by Gasteiger charge is -2.56. The van der Waals surface area contributed by atoms with Crippen molar-refractivity contribution in [2.24, 2.45) is 5.41 Å². The van der Waals surface area contributed by atoms with Crippen molar-refractivity contribution in [1.82, 2.24) is 0 Å². The second kappa shape index (κ2) is 6.68. The Morgan fingerprint density at radius 2 is 1.54 bits per heavy atom. The van der Waals surface area contributed by atoms with Gasteiger partial charge in [-0.25, -0.2) is 0 Å². The first kappa shape index (κ1) is 24.9. The van der Waals surface area contributed by atoms with Gasteiger partial charge in [0, 0.05) is 6.42 Å². The van der Waals surface area contributed by atoms with E-state index in [1.807, 2.05) is 0 Å². The van der Waals surface area contributed by atoms with Crippen LogP contribution >= 0.6 is 0 Å². The van der Waals surface area contributed by atoms with Gasteiger partial charge in [-0.3, -0.25) is 4.79 Å². The van der Waals surface area contributed by atoms with Crippen molar-refractivity contribution in [2.45, 2.75) is 89.1 Å². The molecule has 0 saturated carbocycles. The molecule has 1 fully saturated rings. The van der Waals surface area contributed by atoms with Crippen molar-refractivity contribution in [2.75, 3.05) is 0 Å². The van der Waals surface area contributed by atoms with Gasteiger partial charge in [-0.1, -0.05) is 13.8 Å². The molecule has 1 saturated heterocycles. The summed E-state index contributed by atoms with van der Waals surface area (Å²) in [6.07, 6.45) is -14.9. The van der Waals surface area contributed by atoms with Crippen molar-refractivity contribution in [3.63, 3.8) is 0 Å². The Hall–Kier alpha value is -1.17. The number of aliphatic hydroxyl groups is 1. The minimum absolute atomic E-state index is 0.00771. The van der Waals surface area contributed by atoms with Gasteiger partial charge >= 0.3 is 30.0 Å². The summed E-state index contributed by atoms with van der Waals surface area (Å²) in [4.78, 5) is 12.3. The first-order valence-corrected chi connectivity index (χ1v) is 8.33. The average Bonchev–Trinajstić information content (AvgIpc) is 2.50. The topological polar surface area (TPSA) is 55.8 Å². The summed E-state index contributed by atoms with van der Waals surface area (Å²) < 4.78 is 118. The Labute approximate surface area is 156 Å². The molecule has 4 nitrogen and oxygen atoms in total. The highest BCUT2D eigenvalue weighted by atomic mass is 19.4. The van der Waals surface area contributed by atoms with Crippen molar-refractivity contribution in [3.05, 3.63) is 0 Å². The molecule has 166 valence electrons. The Kier molecular flexibility index (Phi) is 5.93. The van der Waals surface area contributed by atoms with Crippen LogP contribution in [0.3, 0.4) is 0 Å². The van der Waals surface area contributed by atoms with E-state index in [0.29, 0.717) is 0 Å². The largest absolute Gasteiger partial charge is 0.452 e. The predicted octanol–water partition coefficient (Wildman–Crippen LogP) is 4.74. The first-order valence-electron chi connectivity index (χ1n) is 8.33. The van der Waals surface area contributed by atoms with Gasteiger partial charge in [0.25, 0.3) is 0 Å². The van der Waals surface area contributed by atoms with E-state index in [2.05, 4.69) is 9.47 Å². The maximum Gasteiger partial charge on any atom is 0.449 e. The molecule has 12 heteroatoms. The molecule has 28 heavy (non-hydrogen) atoms. The fraction of sp³-hybridized carbons (Fsp3) is 0.938. The summed E-state index contributed by atoms with van der Waals surface area (Å²) in [6, 6.07) is 0. The van der Waals surface area contributed by atoms with Crippen molar-refractivity contribution in [3.8, 4) is 0 Å². The molecule has 1 aliphatic rings. The van der Waals surface area contributed by atoms with Crippen LogP contribution < -0.4 is 0 Å². The highest BCUT2D eigenvalue weighted by molar-refractivity contribution is 5.76. The van der Waals surface area contributed by atoms with Crippen molar-refractivity contribution < 1.29 is 54.5 Å². The smallest absolute Gasteiger partial charge is 0.449 e. The monoisotopic (exact) mass is 430 g/mol. The minimum atomic E-state index is -6.32. The third-order valence-corrected chi connectivity index (χ3v) is 5.27. The number of halogens is 8. The Morgan fingerprint density at radius 1 is 1.07 bits per heavy atom. The van der Waals surface area contributed by atoms with E-state index >= 15 is 0 Å². The van der Waals surface area contributed by atoms with Gasteiger partial charge in [0.15, 0.2) is 11.2 Å². The van der Waals surface area contributed by atoms with Crippen molar-refractivity contribution >= 4 is 5.97 Å². The number of carbonyl (C=O) groups excluding carboxylic acids is 1. The van der Waals surface area contributed by atoms with E-state index in [1.54, 1.807) is 0 Å². The van der Waals surface area contributed by atoms with Crippen LogP contribution in [0.1, 0.15) is 53.9 Å². The molecule has 0 aromatic carbocycles. The second-order valence-corrected chi connectivity index (χ2v) is 7.70. The molecule has 3 atom stereocenters. The lowest BCUT2D eigenvalue weighted by Crippen LogP contribution is -2.79. The van der Waals surface area contributed by atoms with E-state index in [4.69, 9.17) is 0 Å². The molecule has 0 radical (unpaired) electrons. The maximum atomic E-state index is 14.9. The zero-order valence-corrected chi connectivity index (χ0v) is 15.8. The fourth-order valence-electron chi connectivity index (χ4n) is 2.76. The fourth-order valence-corrected chi connectivity index (χ4v) is 2.76. The normalized spacial score (nSPS) is 34.2. The van der Waals surface area contributed by atoms with Crippen LogP contribution in [0.25, 0.3) is 0 Å². The average molecular weight is 430 g/mol. The van der Waals surface area contributed by atoms with E-state index in [-0.39, 0.29) is 13.3 Å². The first-order chi connectivity index (χ1) is 12.2. The summed E-state index contributed by atoms with van der Waals surface area (Å²) in [6.45, 7) is 4.83. The summed E-state index contributed by atoms with van der Waals surface area (Å²) in [7, 11) is 0. The number of hydrogen-bond acceptors (Lipinski definition) is 4. The van der Waals surface area contributed by atoms with Crippen LogP contribution in [0.15, 0.2) is 0 Å². The van der Waals surface area contributed by atoms with Gasteiger partial charge < -0.3 is 14.6 Å². The van der Waals surface area contributed by atoms with E-state index in [0.717, 1.165) is 6.92 Å². The lowest BCUT2D eigenvalue weighted by molar-refractivity contribution is -0.516. The van der Waals surface area contributed by atoms with Crippen LogP contribution in [0.2, 0.25) is 0 Å². The molecule has 1 N–H and O–H groups in total. The minimum Gasteiger partial charge on any atom is -0.452 e. The second-order valence-electron chi connectivity index (χ2n) is 7.70. The molecule has 1 aliphatic heterocycles. The number of alkyl halides is 8. The van der Waals surface area contributed by atoms with Crippen LogP contribution in [-0.2, 0) is 14.3 Å². The molecule has 0 aromatic heterocycles. The quantitative estimate of drug-likeness (QED) is 0.517. The Morgan fingerprint density at radius 3 is 1.86 bits per heavy atom. The molecule has 0 aliphatic carbocycles. The van der Waals surface area contributed by atoms with Gasteiger partial charge in [0.1, 0.15) is 0 Å². The predicted molar refractivity (Wildman–Crippen MR) is 79.3 cm³/mol. The number of rotatable bonds is 4. The van der Waals surface area contributed by atoms with Crippen LogP contribution in [0, 0.1) is 5.41 Å². The van der Waals surface area contributed by atoms with E-state index in [1.165, 1.54) is 20.8 Å². The summed E-state index contributed by atoms with van der Waals surface area (Å²) in [5, 5.41) is 9.69. The van der Waals surface area contributed by atoms with Crippen LogP contribution in [0.4, 0.5) is 35.1 Å². The van der Waals surface area contributed by atoms with E-state index in [9.17, 15) is 45.0 Å². The molecule has 3 unspecified atom stereocenters. The number of esters is 1. The molecular weight excluding hydrogens is 408 g/mol. The number of carbonyl (C=O) groups is 1.